The largest absolute Gasteiger partial charge is 0.369 e. The van der Waals surface area contributed by atoms with Crippen molar-refractivity contribution in [3.8, 4) is 11.4 Å². The minimum absolute atomic E-state index is 0.00570. The van der Waals surface area contributed by atoms with Crippen molar-refractivity contribution in [1.29, 1.82) is 0 Å². The minimum Gasteiger partial charge on any atom is -0.369 e. The first kappa shape index (κ1) is 13.7. The van der Waals surface area contributed by atoms with Crippen LogP contribution in [0.4, 0.5) is 11.5 Å². The van der Waals surface area contributed by atoms with Gasteiger partial charge in [-0.25, -0.2) is 9.97 Å². The predicted octanol–water partition coefficient (Wildman–Crippen LogP) is 3.09. The Labute approximate surface area is 123 Å². The number of benzene rings is 1. The molecule has 0 amide bonds. The van der Waals surface area contributed by atoms with Gasteiger partial charge in [-0.15, -0.1) is 0 Å². The number of nitro benzene ring substituents is 1. The number of hydrogen-bond acceptors (Lipinski definition) is 5. The molecule has 1 heterocycles. The maximum atomic E-state index is 11.0. The molecule has 19 heavy (non-hydrogen) atoms. The lowest BCUT2D eigenvalue weighted by atomic mass is 10.1. The Morgan fingerprint density at radius 3 is 2.84 bits per heavy atom. The molecule has 7 heteroatoms. The average Bonchev–Trinajstić information content (AvgIpc) is 2.41. The van der Waals surface area contributed by atoms with Gasteiger partial charge in [-0.2, -0.15) is 0 Å². The highest BCUT2D eigenvalue weighted by atomic mass is 127. The van der Waals surface area contributed by atoms with E-state index in [4.69, 9.17) is 0 Å². The van der Waals surface area contributed by atoms with E-state index in [0.29, 0.717) is 17.2 Å². The third-order valence-corrected chi connectivity index (χ3v) is 3.22. The maximum absolute atomic E-state index is 11.0. The molecule has 1 N–H and O–H groups in total. The zero-order valence-electron chi connectivity index (χ0n) is 10.1. The summed E-state index contributed by atoms with van der Waals surface area (Å²) >= 11 is 2.12. The molecule has 98 valence electrons. The van der Waals surface area contributed by atoms with Gasteiger partial charge in [-0.05, 0) is 35.6 Å². The van der Waals surface area contributed by atoms with Crippen LogP contribution in [0.5, 0.6) is 0 Å². The summed E-state index contributed by atoms with van der Waals surface area (Å²) < 4.78 is 0.877. The zero-order valence-corrected chi connectivity index (χ0v) is 12.3. The van der Waals surface area contributed by atoms with Gasteiger partial charge in [-0.1, -0.05) is 12.1 Å². The summed E-state index contributed by atoms with van der Waals surface area (Å²) in [6.07, 6.45) is 1.65. The molecule has 0 saturated heterocycles. The van der Waals surface area contributed by atoms with Crippen molar-refractivity contribution < 1.29 is 4.92 Å². The fraction of sp³-hybridized carbons (Fsp3) is 0.167. The lowest BCUT2D eigenvalue weighted by Crippen LogP contribution is -2.04. The van der Waals surface area contributed by atoms with E-state index in [-0.39, 0.29) is 5.69 Å². The van der Waals surface area contributed by atoms with E-state index in [0.717, 1.165) is 10.1 Å². The Kier molecular flexibility index (Phi) is 4.25. The number of para-hydroxylation sites is 1. The molecule has 0 atom stereocenters. The van der Waals surface area contributed by atoms with E-state index >= 15 is 0 Å². The molecular weight excluding hydrogens is 359 g/mol. The third-order valence-electron chi connectivity index (χ3n) is 2.43. The molecule has 1 aromatic heterocycles. The molecule has 2 aromatic rings. The summed E-state index contributed by atoms with van der Waals surface area (Å²) in [6, 6.07) is 6.45. The van der Waals surface area contributed by atoms with Gasteiger partial charge in [0.1, 0.15) is 5.82 Å². The molecule has 0 radical (unpaired) electrons. The Balaban J connectivity index is 2.53. The van der Waals surface area contributed by atoms with Crippen molar-refractivity contribution in [3.63, 3.8) is 0 Å². The molecule has 0 spiro atoms. The van der Waals surface area contributed by atoms with Crippen molar-refractivity contribution in [1.82, 2.24) is 9.97 Å². The summed E-state index contributed by atoms with van der Waals surface area (Å²) in [6.45, 7) is 2.69. The lowest BCUT2D eigenvalue weighted by Gasteiger charge is -2.07. The number of nitro groups is 1. The molecule has 0 bridgehead atoms. The SMILES string of the molecule is CCNc1nc(-c2ccccc2[N+](=O)[O-])ncc1I. The van der Waals surface area contributed by atoms with Crippen LogP contribution in [-0.4, -0.2) is 21.4 Å². The summed E-state index contributed by atoms with van der Waals surface area (Å²) in [5.41, 5.74) is 0.425. The van der Waals surface area contributed by atoms with E-state index < -0.39 is 4.92 Å². The van der Waals surface area contributed by atoms with Crippen LogP contribution < -0.4 is 5.32 Å². The Morgan fingerprint density at radius 1 is 1.42 bits per heavy atom. The molecule has 1 aromatic carbocycles. The molecule has 6 nitrogen and oxygen atoms in total. The lowest BCUT2D eigenvalue weighted by molar-refractivity contribution is -0.384. The average molecular weight is 370 g/mol. The standard InChI is InChI=1S/C12H11IN4O2/c1-2-14-12-9(13)7-15-11(16-12)8-5-3-4-6-10(8)17(18)19/h3-7H,2H2,1H3,(H,14,15,16). The predicted molar refractivity (Wildman–Crippen MR) is 81.0 cm³/mol. The zero-order chi connectivity index (χ0) is 13.8. The number of aromatic nitrogens is 2. The van der Waals surface area contributed by atoms with Crippen LogP contribution in [0.2, 0.25) is 0 Å². The van der Waals surface area contributed by atoms with Crippen LogP contribution in [0.25, 0.3) is 11.4 Å². The highest BCUT2D eigenvalue weighted by Gasteiger charge is 2.17. The van der Waals surface area contributed by atoms with E-state index in [9.17, 15) is 10.1 Å². The van der Waals surface area contributed by atoms with Gasteiger partial charge in [0.2, 0.25) is 0 Å². The maximum Gasteiger partial charge on any atom is 0.280 e. The first-order chi connectivity index (χ1) is 9.13. The summed E-state index contributed by atoms with van der Waals surface area (Å²) in [4.78, 5) is 19.1. The van der Waals surface area contributed by atoms with Gasteiger partial charge in [-0.3, -0.25) is 10.1 Å². The normalized spacial score (nSPS) is 10.2. The summed E-state index contributed by atoms with van der Waals surface area (Å²) in [7, 11) is 0. The number of halogens is 1. The number of nitrogens with one attached hydrogen (secondary N) is 1. The summed E-state index contributed by atoms with van der Waals surface area (Å²) in [5, 5.41) is 14.1. The first-order valence-electron chi connectivity index (χ1n) is 5.63. The van der Waals surface area contributed by atoms with Gasteiger partial charge in [0.05, 0.1) is 14.1 Å². The van der Waals surface area contributed by atoms with Gasteiger partial charge in [0.15, 0.2) is 5.82 Å². The molecule has 2 rings (SSSR count). The fourth-order valence-corrected chi connectivity index (χ4v) is 2.06. The number of anilines is 1. The monoisotopic (exact) mass is 370 g/mol. The topological polar surface area (TPSA) is 81.0 Å². The molecule has 0 fully saturated rings. The highest BCUT2D eigenvalue weighted by molar-refractivity contribution is 14.1. The number of hydrogen-bond donors (Lipinski definition) is 1. The van der Waals surface area contributed by atoms with Crippen molar-refractivity contribution >= 4 is 34.1 Å². The Hall–Kier alpha value is -1.77. The highest BCUT2D eigenvalue weighted by Crippen LogP contribution is 2.28. The third kappa shape index (κ3) is 2.98. The number of rotatable bonds is 4. The molecular formula is C12H11IN4O2. The molecule has 0 aliphatic rings. The summed E-state index contributed by atoms with van der Waals surface area (Å²) in [5.74, 6) is 1.04. The van der Waals surface area contributed by atoms with Crippen molar-refractivity contribution in [2.75, 3.05) is 11.9 Å². The van der Waals surface area contributed by atoms with Crippen molar-refractivity contribution in [2.24, 2.45) is 0 Å². The van der Waals surface area contributed by atoms with Crippen LogP contribution in [-0.2, 0) is 0 Å². The van der Waals surface area contributed by atoms with Gasteiger partial charge < -0.3 is 5.32 Å². The van der Waals surface area contributed by atoms with Crippen LogP contribution in [0.15, 0.2) is 30.5 Å². The first-order valence-corrected chi connectivity index (χ1v) is 6.71. The Morgan fingerprint density at radius 2 is 2.16 bits per heavy atom. The molecule has 0 unspecified atom stereocenters. The second kappa shape index (κ2) is 5.91. The van der Waals surface area contributed by atoms with Crippen LogP contribution >= 0.6 is 22.6 Å². The van der Waals surface area contributed by atoms with E-state index in [1.807, 2.05) is 6.92 Å². The van der Waals surface area contributed by atoms with Gasteiger partial charge in [0, 0.05) is 18.8 Å². The minimum atomic E-state index is -0.427. The quantitative estimate of drug-likeness (QED) is 0.508. The van der Waals surface area contributed by atoms with Gasteiger partial charge in [0.25, 0.3) is 5.69 Å². The number of nitrogens with zero attached hydrogens (tertiary/aromatic N) is 3. The van der Waals surface area contributed by atoms with E-state index in [1.54, 1.807) is 24.4 Å². The second-order valence-corrected chi connectivity index (χ2v) is 4.86. The van der Waals surface area contributed by atoms with E-state index in [2.05, 4.69) is 37.9 Å². The molecule has 0 aliphatic carbocycles. The Bertz CT molecular complexity index is 618. The van der Waals surface area contributed by atoms with E-state index in [1.165, 1.54) is 6.07 Å². The van der Waals surface area contributed by atoms with Gasteiger partial charge >= 0.3 is 0 Å². The van der Waals surface area contributed by atoms with Crippen LogP contribution in [0, 0.1) is 13.7 Å². The second-order valence-electron chi connectivity index (χ2n) is 3.69. The molecule has 0 aliphatic heterocycles. The van der Waals surface area contributed by atoms with Crippen molar-refractivity contribution in [2.45, 2.75) is 6.92 Å². The van der Waals surface area contributed by atoms with Crippen LogP contribution in [0.3, 0.4) is 0 Å². The van der Waals surface area contributed by atoms with Crippen molar-refractivity contribution in [3.05, 3.63) is 44.1 Å². The molecule has 0 saturated carbocycles. The van der Waals surface area contributed by atoms with Crippen LogP contribution in [0.1, 0.15) is 6.92 Å². The smallest absolute Gasteiger partial charge is 0.280 e. The fourth-order valence-electron chi connectivity index (χ4n) is 1.61.